The molecule has 1 aliphatic heterocycles. The Hall–Kier alpha value is -3.93. The van der Waals surface area contributed by atoms with Crippen molar-refractivity contribution in [3.05, 3.63) is 69.8 Å². The normalized spacial score (nSPS) is 18.5. The molecule has 1 N–H and O–H groups in total. The molecule has 142 valence electrons. The van der Waals surface area contributed by atoms with Crippen LogP contribution < -0.4 is 10.1 Å². The second-order valence-electron chi connectivity index (χ2n) is 6.31. The lowest BCUT2D eigenvalue weighted by Gasteiger charge is -2.22. The molecule has 0 aromatic heterocycles. The van der Waals surface area contributed by atoms with Crippen LogP contribution in [0.3, 0.4) is 0 Å². The minimum atomic E-state index is -1.40. The fourth-order valence-corrected chi connectivity index (χ4v) is 2.94. The van der Waals surface area contributed by atoms with Gasteiger partial charge in [-0.15, -0.1) is 0 Å². The number of hydrogen-bond acceptors (Lipinski definition) is 6. The lowest BCUT2D eigenvalue weighted by molar-refractivity contribution is -0.385. The fourth-order valence-electron chi connectivity index (χ4n) is 2.94. The van der Waals surface area contributed by atoms with Gasteiger partial charge in [0.15, 0.2) is 0 Å². The van der Waals surface area contributed by atoms with Gasteiger partial charge in [-0.3, -0.25) is 19.8 Å². The summed E-state index contributed by atoms with van der Waals surface area (Å²) in [6, 6.07) is 13.5. The number of nitro benzene ring substituents is 1. The van der Waals surface area contributed by atoms with Gasteiger partial charge in [0.25, 0.3) is 11.6 Å². The number of nitrogens with one attached hydrogen (secondary N) is 1. The van der Waals surface area contributed by atoms with Gasteiger partial charge in [0.05, 0.1) is 23.1 Å². The summed E-state index contributed by atoms with van der Waals surface area (Å²) in [4.78, 5) is 36.6. The van der Waals surface area contributed by atoms with Crippen LogP contribution in [0.2, 0.25) is 0 Å². The lowest BCUT2D eigenvalue weighted by Crippen LogP contribution is -2.41. The summed E-state index contributed by atoms with van der Waals surface area (Å²) in [5.41, 5.74) is -0.806. The number of ether oxygens (including phenoxy) is 1. The first-order valence-corrected chi connectivity index (χ1v) is 8.37. The van der Waals surface area contributed by atoms with E-state index < -0.39 is 22.4 Å². The average Bonchev–Trinajstić information content (AvgIpc) is 2.92. The molecule has 1 atom stereocenters. The Morgan fingerprint density at radius 3 is 2.71 bits per heavy atom. The Bertz CT molecular complexity index is 1000. The highest BCUT2D eigenvalue weighted by atomic mass is 16.6. The van der Waals surface area contributed by atoms with Gasteiger partial charge in [-0.05, 0) is 30.7 Å². The van der Waals surface area contributed by atoms with Crippen molar-refractivity contribution in [2.45, 2.75) is 12.5 Å². The summed E-state index contributed by atoms with van der Waals surface area (Å²) >= 11 is 0. The quantitative estimate of drug-likeness (QED) is 0.466. The van der Waals surface area contributed by atoms with Gasteiger partial charge in [-0.1, -0.05) is 18.2 Å². The van der Waals surface area contributed by atoms with Crippen molar-refractivity contribution >= 4 is 17.6 Å². The number of nitrogens with zero attached hydrogens (tertiary/aromatic N) is 3. The molecule has 0 spiro atoms. The number of nitriles is 1. The second-order valence-corrected chi connectivity index (χ2v) is 6.31. The van der Waals surface area contributed by atoms with Crippen LogP contribution in [0.25, 0.3) is 0 Å². The SMILES string of the molecule is CC1(c2cccc([N+](=O)[O-])c2)NC(=O)N(CCOc2cccc(C#N)c2)C1=O. The number of hydrogen-bond donors (Lipinski definition) is 1. The predicted molar refractivity (Wildman–Crippen MR) is 97.3 cm³/mol. The van der Waals surface area contributed by atoms with E-state index in [2.05, 4.69) is 5.32 Å². The van der Waals surface area contributed by atoms with E-state index in [9.17, 15) is 19.7 Å². The molecule has 0 aliphatic carbocycles. The first kappa shape index (κ1) is 18.8. The molecule has 1 unspecified atom stereocenters. The van der Waals surface area contributed by atoms with Crippen molar-refractivity contribution < 1.29 is 19.2 Å². The van der Waals surface area contributed by atoms with Gasteiger partial charge in [-0.25, -0.2) is 4.79 Å². The minimum absolute atomic E-state index is 0.00797. The molecule has 1 fully saturated rings. The number of nitro groups is 1. The summed E-state index contributed by atoms with van der Waals surface area (Å²) in [5, 5.41) is 22.5. The highest BCUT2D eigenvalue weighted by Crippen LogP contribution is 2.30. The predicted octanol–water partition coefficient (Wildman–Crippen LogP) is 2.31. The van der Waals surface area contributed by atoms with E-state index >= 15 is 0 Å². The molecule has 9 heteroatoms. The zero-order chi connectivity index (χ0) is 20.3. The summed E-state index contributed by atoms with van der Waals surface area (Å²) in [6.45, 7) is 1.54. The van der Waals surface area contributed by atoms with E-state index in [0.717, 1.165) is 4.90 Å². The zero-order valence-electron chi connectivity index (χ0n) is 14.9. The molecule has 0 saturated carbocycles. The number of benzene rings is 2. The Balaban J connectivity index is 1.71. The van der Waals surface area contributed by atoms with Crippen LogP contribution in [0, 0.1) is 21.4 Å². The molecule has 1 saturated heterocycles. The Labute approximate surface area is 160 Å². The standard InChI is InChI=1S/C19H16N4O5/c1-19(14-5-3-6-15(11-14)23(26)27)17(24)22(18(25)21-19)8-9-28-16-7-2-4-13(10-16)12-20/h2-7,10-11H,8-9H2,1H3,(H,21,25). The van der Waals surface area contributed by atoms with Gasteiger partial charge in [0.1, 0.15) is 17.9 Å². The van der Waals surface area contributed by atoms with E-state index in [1.807, 2.05) is 6.07 Å². The van der Waals surface area contributed by atoms with Crippen LogP contribution in [-0.4, -0.2) is 34.9 Å². The van der Waals surface area contributed by atoms with E-state index in [1.165, 1.54) is 25.1 Å². The molecular formula is C19H16N4O5. The van der Waals surface area contributed by atoms with Crippen LogP contribution >= 0.6 is 0 Å². The fraction of sp³-hybridized carbons (Fsp3) is 0.211. The van der Waals surface area contributed by atoms with Gasteiger partial charge in [0.2, 0.25) is 0 Å². The van der Waals surface area contributed by atoms with Gasteiger partial charge in [-0.2, -0.15) is 5.26 Å². The molecule has 3 amide bonds. The number of carbonyl (C=O) groups is 2. The number of non-ortho nitro benzene ring substituents is 1. The zero-order valence-corrected chi connectivity index (χ0v) is 14.9. The van der Waals surface area contributed by atoms with Crippen molar-refractivity contribution in [3.63, 3.8) is 0 Å². The van der Waals surface area contributed by atoms with Crippen molar-refractivity contribution in [1.82, 2.24) is 10.2 Å². The Morgan fingerprint density at radius 1 is 1.25 bits per heavy atom. The van der Waals surface area contributed by atoms with Crippen LogP contribution in [0.4, 0.5) is 10.5 Å². The van der Waals surface area contributed by atoms with Crippen LogP contribution in [-0.2, 0) is 10.3 Å². The molecule has 3 rings (SSSR count). The second kappa shape index (κ2) is 7.36. The molecule has 0 radical (unpaired) electrons. The molecule has 2 aromatic carbocycles. The van der Waals surface area contributed by atoms with Gasteiger partial charge >= 0.3 is 6.03 Å². The first-order valence-electron chi connectivity index (χ1n) is 8.37. The van der Waals surface area contributed by atoms with Gasteiger partial charge < -0.3 is 10.1 Å². The largest absolute Gasteiger partial charge is 0.492 e. The smallest absolute Gasteiger partial charge is 0.325 e. The molecule has 9 nitrogen and oxygen atoms in total. The van der Waals surface area contributed by atoms with E-state index in [0.29, 0.717) is 16.9 Å². The van der Waals surface area contributed by atoms with Crippen molar-refractivity contribution in [3.8, 4) is 11.8 Å². The Kier molecular flexibility index (Phi) is 4.96. The maximum Gasteiger partial charge on any atom is 0.325 e. The van der Waals surface area contributed by atoms with E-state index in [-0.39, 0.29) is 18.8 Å². The highest BCUT2D eigenvalue weighted by molar-refractivity contribution is 6.07. The summed E-state index contributed by atoms with van der Waals surface area (Å²) in [7, 11) is 0. The first-order chi connectivity index (χ1) is 13.3. The van der Waals surface area contributed by atoms with Gasteiger partial charge in [0, 0.05) is 12.1 Å². The lowest BCUT2D eigenvalue weighted by atomic mass is 9.91. The molecule has 0 bridgehead atoms. The summed E-state index contributed by atoms with van der Waals surface area (Å²) < 4.78 is 5.52. The third-order valence-electron chi connectivity index (χ3n) is 4.46. The molecular weight excluding hydrogens is 364 g/mol. The number of carbonyl (C=O) groups excluding carboxylic acids is 2. The van der Waals surface area contributed by atoms with E-state index in [1.54, 1.807) is 30.3 Å². The van der Waals surface area contributed by atoms with Crippen molar-refractivity contribution in [1.29, 1.82) is 5.26 Å². The number of rotatable bonds is 6. The summed E-state index contributed by atoms with van der Waals surface area (Å²) in [6.07, 6.45) is 0. The third-order valence-corrected chi connectivity index (χ3v) is 4.46. The number of amides is 3. The average molecular weight is 380 g/mol. The van der Waals surface area contributed by atoms with Crippen LogP contribution in [0.5, 0.6) is 5.75 Å². The Morgan fingerprint density at radius 2 is 2.00 bits per heavy atom. The van der Waals surface area contributed by atoms with Crippen molar-refractivity contribution in [2.75, 3.05) is 13.2 Å². The number of imide groups is 1. The van der Waals surface area contributed by atoms with E-state index in [4.69, 9.17) is 10.00 Å². The maximum atomic E-state index is 12.8. The maximum absolute atomic E-state index is 12.8. The monoisotopic (exact) mass is 380 g/mol. The molecule has 28 heavy (non-hydrogen) atoms. The number of urea groups is 1. The van der Waals surface area contributed by atoms with Crippen molar-refractivity contribution in [2.24, 2.45) is 0 Å². The summed E-state index contributed by atoms with van der Waals surface area (Å²) in [5.74, 6) is -0.0695. The minimum Gasteiger partial charge on any atom is -0.492 e. The van der Waals surface area contributed by atoms with Crippen LogP contribution in [0.15, 0.2) is 48.5 Å². The molecule has 1 heterocycles. The third kappa shape index (κ3) is 3.48. The van der Waals surface area contributed by atoms with Crippen LogP contribution in [0.1, 0.15) is 18.1 Å². The molecule has 1 aliphatic rings. The topological polar surface area (TPSA) is 126 Å². The highest BCUT2D eigenvalue weighted by Gasteiger charge is 2.49. The molecule has 2 aromatic rings.